The summed E-state index contributed by atoms with van der Waals surface area (Å²) < 4.78 is 2.44. The van der Waals surface area contributed by atoms with Gasteiger partial charge < -0.3 is 9.47 Å². The molecule has 4 rings (SSSR count). The zero-order valence-corrected chi connectivity index (χ0v) is 17.5. The van der Waals surface area contributed by atoms with Gasteiger partial charge in [0.25, 0.3) is 0 Å². The van der Waals surface area contributed by atoms with E-state index < -0.39 is 0 Å². The Balaban J connectivity index is 1.60. The van der Waals surface area contributed by atoms with Crippen molar-refractivity contribution >= 4 is 16.9 Å². The molecular weight excluding hydrogens is 346 g/mol. The molecule has 28 heavy (non-hydrogen) atoms. The Morgan fingerprint density at radius 2 is 1.96 bits per heavy atom. The second-order valence-electron chi connectivity index (χ2n) is 8.38. The maximum atomic E-state index is 5.06. The number of rotatable bonds is 5. The number of para-hydroxylation sites is 2. The van der Waals surface area contributed by atoms with Crippen LogP contribution in [0, 0.1) is 0 Å². The van der Waals surface area contributed by atoms with Crippen LogP contribution in [0.15, 0.2) is 42.6 Å². The van der Waals surface area contributed by atoms with E-state index in [1.807, 2.05) is 12.3 Å². The van der Waals surface area contributed by atoms with E-state index in [9.17, 15) is 0 Å². The molecule has 0 N–H and O–H groups in total. The van der Waals surface area contributed by atoms with Gasteiger partial charge in [-0.05, 0) is 51.4 Å². The molecule has 1 atom stereocenters. The van der Waals surface area contributed by atoms with Crippen molar-refractivity contribution < 1.29 is 0 Å². The van der Waals surface area contributed by atoms with Gasteiger partial charge in [-0.25, -0.2) is 9.97 Å². The number of hydrogen-bond donors (Lipinski definition) is 0. The highest BCUT2D eigenvalue weighted by atomic mass is 15.2. The highest BCUT2D eigenvalue weighted by Crippen LogP contribution is 2.32. The predicted molar refractivity (Wildman–Crippen MR) is 116 cm³/mol. The molecule has 5 heteroatoms. The Bertz CT molecular complexity index is 943. The average molecular weight is 378 g/mol. The number of pyridine rings is 1. The Kier molecular flexibility index (Phi) is 5.36. The van der Waals surface area contributed by atoms with E-state index in [4.69, 9.17) is 4.98 Å². The van der Waals surface area contributed by atoms with Crippen molar-refractivity contribution in [3.63, 3.8) is 0 Å². The molecule has 0 bridgehead atoms. The van der Waals surface area contributed by atoms with Crippen molar-refractivity contribution in [2.24, 2.45) is 0 Å². The smallest absolute Gasteiger partial charge is 0.132 e. The van der Waals surface area contributed by atoms with Crippen LogP contribution in [0.25, 0.3) is 11.0 Å². The minimum atomic E-state index is 0.413. The van der Waals surface area contributed by atoms with Gasteiger partial charge in [0.05, 0.1) is 11.0 Å². The molecule has 1 saturated heterocycles. The van der Waals surface area contributed by atoms with Crippen LogP contribution in [0.3, 0.4) is 0 Å². The summed E-state index contributed by atoms with van der Waals surface area (Å²) in [4.78, 5) is 14.3. The third kappa shape index (κ3) is 3.63. The van der Waals surface area contributed by atoms with Crippen molar-refractivity contribution in [3.8, 4) is 0 Å². The van der Waals surface area contributed by atoms with Crippen LogP contribution in [0.2, 0.25) is 0 Å². The number of hydrogen-bond acceptors (Lipinski definition) is 4. The number of piperidine rings is 1. The number of benzene rings is 1. The van der Waals surface area contributed by atoms with Crippen molar-refractivity contribution in [3.05, 3.63) is 54.0 Å². The van der Waals surface area contributed by atoms with Gasteiger partial charge in [-0.15, -0.1) is 0 Å². The van der Waals surface area contributed by atoms with Crippen LogP contribution >= 0.6 is 0 Å². The van der Waals surface area contributed by atoms with E-state index in [-0.39, 0.29) is 0 Å². The third-order valence-corrected chi connectivity index (χ3v) is 5.70. The number of nitrogens with zero attached hydrogens (tertiary/aromatic N) is 5. The fourth-order valence-electron chi connectivity index (χ4n) is 4.50. The van der Waals surface area contributed by atoms with Gasteiger partial charge in [-0.2, -0.15) is 0 Å². The second-order valence-corrected chi connectivity index (χ2v) is 8.38. The standard InChI is InChI=1S/C23H31N5/c1-17(2)28-21-12-6-5-11-20(21)25-23(28)19-10-8-14-27(16-19)15-18-9-7-13-24-22(18)26(3)4/h5-7,9,11-13,17,19H,8,10,14-16H2,1-4H3. The monoisotopic (exact) mass is 377 g/mol. The number of aromatic nitrogens is 3. The Labute approximate surface area is 168 Å². The van der Waals surface area contributed by atoms with E-state index in [0.717, 1.165) is 31.0 Å². The second kappa shape index (κ2) is 7.92. The van der Waals surface area contributed by atoms with Crippen LogP contribution in [-0.2, 0) is 6.54 Å². The predicted octanol–water partition coefficient (Wildman–Crippen LogP) is 4.46. The van der Waals surface area contributed by atoms with Gasteiger partial charge in [-0.1, -0.05) is 18.2 Å². The minimum absolute atomic E-state index is 0.413. The van der Waals surface area contributed by atoms with E-state index in [1.54, 1.807) is 0 Å². The van der Waals surface area contributed by atoms with E-state index in [0.29, 0.717) is 12.0 Å². The van der Waals surface area contributed by atoms with E-state index in [2.05, 4.69) is 77.6 Å². The highest BCUT2D eigenvalue weighted by molar-refractivity contribution is 5.76. The third-order valence-electron chi connectivity index (χ3n) is 5.70. The molecule has 0 aliphatic carbocycles. The first-order valence-electron chi connectivity index (χ1n) is 10.3. The molecule has 1 aliphatic rings. The van der Waals surface area contributed by atoms with Gasteiger partial charge in [0.2, 0.25) is 0 Å². The zero-order valence-electron chi connectivity index (χ0n) is 17.5. The zero-order chi connectivity index (χ0) is 19.7. The molecular formula is C23H31N5. The fraction of sp³-hybridized carbons (Fsp3) is 0.478. The van der Waals surface area contributed by atoms with Crippen LogP contribution < -0.4 is 4.90 Å². The summed E-state index contributed by atoms with van der Waals surface area (Å²) in [6.07, 6.45) is 4.30. The summed E-state index contributed by atoms with van der Waals surface area (Å²) in [6.45, 7) is 7.66. The lowest BCUT2D eigenvalue weighted by molar-refractivity contribution is 0.194. The number of fused-ring (bicyclic) bond motifs is 1. The fourth-order valence-corrected chi connectivity index (χ4v) is 4.50. The summed E-state index contributed by atoms with van der Waals surface area (Å²) in [7, 11) is 4.13. The summed E-state index contributed by atoms with van der Waals surface area (Å²) >= 11 is 0. The molecule has 3 heterocycles. The highest BCUT2D eigenvalue weighted by Gasteiger charge is 2.27. The normalized spacial score (nSPS) is 18.1. The van der Waals surface area contributed by atoms with Gasteiger partial charge >= 0.3 is 0 Å². The van der Waals surface area contributed by atoms with Gasteiger partial charge in [0.1, 0.15) is 11.6 Å². The maximum Gasteiger partial charge on any atom is 0.132 e. The molecule has 148 valence electrons. The number of likely N-dealkylation sites (tertiary alicyclic amines) is 1. The van der Waals surface area contributed by atoms with Crippen molar-refractivity contribution in [2.45, 2.75) is 45.2 Å². The lowest BCUT2D eigenvalue weighted by Crippen LogP contribution is -2.35. The molecule has 1 aliphatic heterocycles. The van der Waals surface area contributed by atoms with Gasteiger partial charge in [0.15, 0.2) is 0 Å². The van der Waals surface area contributed by atoms with Crippen LogP contribution in [0.1, 0.15) is 50.0 Å². The summed E-state index contributed by atoms with van der Waals surface area (Å²) in [6, 6.07) is 13.2. The topological polar surface area (TPSA) is 37.2 Å². The maximum absolute atomic E-state index is 5.06. The quantitative estimate of drug-likeness (QED) is 0.658. The lowest BCUT2D eigenvalue weighted by Gasteiger charge is -2.33. The van der Waals surface area contributed by atoms with Gasteiger partial charge in [0, 0.05) is 50.9 Å². The Morgan fingerprint density at radius 1 is 1.14 bits per heavy atom. The summed E-state index contributed by atoms with van der Waals surface area (Å²) in [5.74, 6) is 2.79. The average Bonchev–Trinajstić information content (AvgIpc) is 3.08. The molecule has 3 aromatic rings. The molecule has 0 radical (unpaired) electrons. The molecule has 5 nitrogen and oxygen atoms in total. The first-order chi connectivity index (χ1) is 13.5. The van der Waals surface area contributed by atoms with Crippen LogP contribution in [-0.4, -0.2) is 46.6 Å². The van der Waals surface area contributed by atoms with Crippen molar-refractivity contribution in [1.82, 2.24) is 19.4 Å². The van der Waals surface area contributed by atoms with E-state index >= 15 is 0 Å². The molecule has 0 amide bonds. The number of imidazole rings is 1. The SMILES string of the molecule is CC(C)n1c(C2CCCN(Cc3cccnc3N(C)C)C2)nc2ccccc21. The largest absolute Gasteiger partial charge is 0.362 e. The van der Waals surface area contributed by atoms with Crippen molar-refractivity contribution in [1.29, 1.82) is 0 Å². The molecule has 0 spiro atoms. The first kappa shape index (κ1) is 18.9. The minimum Gasteiger partial charge on any atom is -0.362 e. The molecule has 1 unspecified atom stereocenters. The molecule has 2 aromatic heterocycles. The van der Waals surface area contributed by atoms with Crippen LogP contribution in [0.4, 0.5) is 5.82 Å². The lowest BCUT2D eigenvalue weighted by atomic mass is 9.96. The molecule has 1 aromatic carbocycles. The Hall–Kier alpha value is -2.40. The summed E-state index contributed by atoms with van der Waals surface area (Å²) in [5, 5.41) is 0. The Morgan fingerprint density at radius 3 is 2.75 bits per heavy atom. The van der Waals surface area contributed by atoms with Crippen LogP contribution in [0.5, 0.6) is 0 Å². The number of anilines is 1. The van der Waals surface area contributed by atoms with E-state index in [1.165, 1.54) is 29.7 Å². The summed E-state index contributed by atoms with van der Waals surface area (Å²) in [5.41, 5.74) is 3.67. The first-order valence-corrected chi connectivity index (χ1v) is 10.3. The van der Waals surface area contributed by atoms with Gasteiger partial charge in [-0.3, -0.25) is 4.90 Å². The molecule has 1 fully saturated rings. The molecule has 0 saturated carbocycles. The van der Waals surface area contributed by atoms with Crippen molar-refractivity contribution in [2.75, 3.05) is 32.1 Å².